The van der Waals surface area contributed by atoms with Crippen LogP contribution in [0.25, 0.3) is 0 Å². The molecule has 2 radical (unpaired) electrons. The van der Waals surface area contributed by atoms with Crippen LogP contribution in [0.5, 0.6) is 0 Å². The molecule has 2 aliphatic rings. The van der Waals surface area contributed by atoms with Gasteiger partial charge in [0.1, 0.15) is 0 Å². The van der Waals surface area contributed by atoms with E-state index < -0.39 is 0 Å². The van der Waals surface area contributed by atoms with Crippen LogP contribution in [-0.2, 0) is 0 Å². The van der Waals surface area contributed by atoms with Gasteiger partial charge in [-0.3, -0.25) is 0 Å². The Labute approximate surface area is 93.7 Å². The van der Waals surface area contributed by atoms with E-state index in [2.05, 4.69) is 30.3 Å². The number of rotatable bonds is 1. The van der Waals surface area contributed by atoms with Crippen LogP contribution in [-0.4, -0.2) is 27.8 Å². The molecule has 72 valence electrons. The fourth-order valence-electron chi connectivity index (χ4n) is 2.71. The van der Waals surface area contributed by atoms with Gasteiger partial charge in [0.2, 0.25) is 0 Å². The molecule has 2 heterocycles. The summed E-state index contributed by atoms with van der Waals surface area (Å²) < 4.78 is 0. The van der Waals surface area contributed by atoms with E-state index in [1.165, 1.54) is 0 Å². The molecule has 0 bridgehead atoms. The van der Waals surface area contributed by atoms with E-state index in [1.54, 1.807) is 28.1 Å². The van der Waals surface area contributed by atoms with Crippen molar-refractivity contribution < 1.29 is 0 Å². The predicted molar refractivity (Wildman–Crippen MR) is 65.1 cm³/mol. The Bertz CT molecular complexity index is 299. The summed E-state index contributed by atoms with van der Waals surface area (Å²) in [4.78, 5) is 0. The molecule has 0 aliphatic carbocycles. The Morgan fingerprint density at radius 1 is 1.00 bits per heavy atom. The van der Waals surface area contributed by atoms with E-state index >= 15 is 0 Å². The van der Waals surface area contributed by atoms with Gasteiger partial charge in [-0.25, -0.2) is 0 Å². The third kappa shape index (κ3) is 1.68. The normalized spacial score (nSPS) is 35.9. The average Bonchev–Trinajstić information content (AvgIpc) is 2.78. The molecule has 2 aliphatic heterocycles. The Balaban J connectivity index is 1.77. The summed E-state index contributed by atoms with van der Waals surface area (Å²) in [6, 6.07) is 11.3. The van der Waals surface area contributed by atoms with Gasteiger partial charge >= 0.3 is 93.7 Å². The van der Waals surface area contributed by atoms with Crippen molar-refractivity contribution in [2.24, 2.45) is 11.8 Å². The Morgan fingerprint density at radius 3 is 2.29 bits per heavy atom. The number of fused-ring (bicyclic) bond motifs is 1. The minimum atomic E-state index is 0.247. The van der Waals surface area contributed by atoms with E-state index in [4.69, 9.17) is 0 Å². The van der Waals surface area contributed by atoms with Crippen LogP contribution >= 0.6 is 7.92 Å². The maximum absolute atomic E-state index is 2.35. The Hall–Kier alpha value is 0.193. The minimum absolute atomic E-state index is 0.247. The van der Waals surface area contributed by atoms with Crippen LogP contribution in [0.3, 0.4) is 0 Å². The summed E-state index contributed by atoms with van der Waals surface area (Å²) in [6.07, 6.45) is 3.13. The summed E-state index contributed by atoms with van der Waals surface area (Å²) >= 11 is 0.508. The van der Waals surface area contributed by atoms with Gasteiger partial charge in [-0.1, -0.05) is 0 Å². The molecular weight excluding hydrogens is 248 g/mol. The first-order valence-corrected chi connectivity index (χ1v) is 10.1. The van der Waals surface area contributed by atoms with Gasteiger partial charge in [0.25, 0.3) is 0 Å². The Morgan fingerprint density at radius 2 is 1.64 bits per heavy atom. The van der Waals surface area contributed by atoms with E-state index in [0.717, 1.165) is 11.8 Å². The zero-order valence-electron chi connectivity index (χ0n) is 8.32. The fraction of sp³-hybridized carbons (Fsp3) is 0.500. The molecule has 0 N–H and O–H groups in total. The summed E-state index contributed by atoms with van der Waals surface area (Å²) in [7, 11) is 0.247. The van der Waals surface area contributed by atoms with Crippen LogP contribution in [0.4, 0.5) is 0 Å². The van der Waals surface area contributed by atoms with Gasteiger partial charge in [-0.2, -0.15) is 0 Å². The molecule has 0 nitrogen and oxygen atoms in total. The van der Waals surface area contributed by atoms with Crippen molar-refractivity contribution in [3.63, 3.8) is 0 Å². The Kier molecular flexibility index (Phi) is 2.68. The quantitative estimate of drug-likeness (QED) is 0.539. The molecule has 0 spiro atoms. The molecule has 1 aromatic carbocycles. The predicted octanol–water partition coefficient (Wildman–Crippen LogP) is 2.59. The molecule has 3 rings (SSSR count). The van der Waals surface area contributed by atoms with E-state index in [1.807, 2.05) is 0 Å². The van der Waals surface area contributed by atoms with Crippen molar-refractivity contribution >= 4 is 28.7 Å². The molecule has 0 aromatic heterocycles. The third-order valence-corrected chi connectivity index (χ3v) is 9.77. The van der Waals surface area contributed by atoms with E-state index in [-0.39, 0.29) is 7.92 Å². The SMILES string of the molecule is c1ccc(P2CC3[CH2][Ge][CH2]C3C2)cc1. The molecule has 2 heteroatoms. The molecule has 14 heavy (non-hydrogen) atoms. The van der Waals surface area contributed by atoms with Crippen LogP contribution in [0.1, 0.15) is 0 Å². The molecule has 2 unspecified atom stereocenters. The van der Waals surface area contributed by atoms with Crippen molar-refractivity contribution in [3.05, 3.63) is 30.3 Å². The first-order chi connectivity index (χ1) is 6.93. The van der Waals surface area contributed by atoms with Crippen molar-refractivity contribution in [2.45, 2.75) is 10.5 Å². The topological polar surface area (TPSA) is 0 Å². The molecule has 1 aromatic rings. The van der Waals surface area contributed by atoms with Crippen LogP contribution in [0.2, 0.25) is 10.5 Å². The first kappa shape index (κ1) is 9.42. The van der Waals surface area contributed by atoms with E-state index in [0.29, 0.717) is 15.4 Å². The molecule has 2 fully saturated rings. The molecule has 0 amide bonds. The van der Waals surface area contributed by atoms with Gasteiger partial charge in [0.15, 0.2) is 0 Å². The van der Waals surface area contributed by atoms with Gasteiger partial charge in [-0.05, 0) is 0 Å². The monoisotopic (exact) mass is 264 g/mol. The molecular formula is C12H15GeP. The van der Waals surface area contributed by atoms with Gasteiger partial charge in [-0.15, -0.1) is 0 Å². The zero-order chi connectivity index (χ0) is 9.38. The second kappa shape index (κ2) is 3.98. The van der Waals surface area contributed by atoms with Crippen molar-refractivity contribution in [3.8, 4) is 0 Å². The second-order valence-corrected chi connectivity index (χ2v) is 9.51. The molecule has 2 atom stereocenters. The third-order valence-electron chi connectivity index (χ3n) is 3.51. The molecule has 2 saturated heterocycles. The second-order valence-electron chi connectivity index (χ2n) is 4.42. The average molecular weight is 263 g/mol. The van der Waals surface area contributed by atoms with Crippen LogP contribution in [0.15, 0.2) is 30.3 Å². The van der Waals surface area contributed by atoms with Gasteiger partial charge in [0.05, 0.1) is 0 Å². The van der Waals surface area contributed by atoms with E-state index in [9.17, 15) is 0 Å². The van der Waals surface area contributed by atoms with Crippen LogP contribution in [0, 0.1) is 11.8 Å². The summed E-state index contributed by atoms with van der Waals surface area (Å²) in [5.41, 5.74) is 0. The van der Waals surface area contributed by atoms with Gasteiger partial charge < -0.3 is 0 Å². The summed E-state index contributed by atoms with van der Waals surface area (Å²) in [5, 5.41) is 4.96. The number of hydrogen-bond acceptors (Lipinski definition) is 0. The van der Waals surface area contributed by atoms with Crippen molar-refractivity contribution in [1.29, 1.82) is 0 Å². The van der Waals surface area contributed by atoms with Crippen molar-refractivity contribution in [1.82, 2.24) is 0 Å². The number of benzene rings is 1. The fourth-order valence-corrected chi connectivity index (χ4v) is 10.8. The summed E-state index contributed by atoms with van der Waals surface area (Å²) in [6.45, 7) is 0. The molecule has 0 saturated carbocycles. The summed E-state index contributed by atoms with van der Waals surface area (Å²) in [5.74, 6) is 2.31. The maximum atomic E-state index is 2.35. The van der Waals surface area contributed by atoms with Crippen LogP contribution < -0.4 is 5.30 Å². The number of hydrogen-bond donors (Lipinski definition) is 0. The first-order valence-electron chi connectivity index (χ1n) is 5.44. The standard InChI is InChI=1S/C12H15GeP/c1-2-4-12(5-3-1)14-8-10-6-13-7-11(10)9-14/h1-5,10-11H,6-9H2. The van der Waals surface area contributed by atoms with Crippen molar-refractivity contribution in [2.75, 3.05) is 12.3 Å². The van der Waals surface area contributed by atoms with Gasteiger partial charge in [0, 0.05) is 0 Å². The zero-order valence-corrected chi connectivity index (χ0v) is 11.3.